The number of ketones is 1. The summed E-state index contributed by atoms with van der Waals surface area (Å²) < 4.78 is 1.26. The van der Waals surface area contributed by atoms with Gasteiger partial charge in [0.2, 0.25) is 0 Å². The molecule has 0 saturated heterocycles. The molecular formula is C20H18N4O4. The fourth-order valence-corrected chi connectivity index (χ4v) is 2.83. The first kappa shape index (κ1) is 19.0. The summed E-state index contributed by atoms with van der Waals surface area (Å²) in [5, 5.41) is 16.5. The lowest BCUT2D eigenvalue weighted by molar-refractivity contribution is 0.0696. The summed E-state index contributed by atoms with van der Waals surface area (Å²) in [6, 6.07) is 9.43. The lowest BCUT2D eigenvalue weighted by atomic mass is 10.0. The van der Waals surface area contributed by atoms with Crippen molar-refractivity contribution < 1.29 is 14.7 Å². The van der Waals surface area contributed by atoms with Crippen molar-refractivity contribution in [2.45, 2.75) is 20.4 Å². The number of carboxylic acids is 1. The maximum Gasteiger partial charge on any atom is 0.335 e. The molecule has 0 aliphatic heterocycles. The molecule has 2 aromatic heterocycles. The second kappa shape index (κ2) is 7.83. The number of nitrogens with zero attached hydrogens (tertiary/aromatic N) is 3. The minimum Gasteiger partial charge on any atom is -0.478 e. The molecule has 2 N–H and O–H groups in total. The van der Waals surface area contributed by atoms with Gasteiger partial charge in [0.15, 0.2) is 5.78 Å². The van der Waals surface area contributed by atoms with Crippen molar-refractivity contribution in [2.24, 2.45) is 0 Å². The van der Waals surface area contributed by atoms with Gasteiger partial charge in [0, 0.05) is 30.2 Å². The van der Waals surface area contributed by atoms with Crippen molar-refractivity contribution in [3.8, 4) is 11.3 Å². The van der Waals surface area contributed by atoms with E-state index in [1.54, 1.807) is 43.6 Å². The Labute approximate surface area is 160 Å². The number of carbonyl (C=O) groups is 2. The SMILES string of the molecule is CCn1nc(-c2ccncc2)c(C(C)=O)c(Nc2cccc(C(=O)O)c2)c1=O. The first-order valence-corrected chi connectivity index (χ1v) is 8.59. The second-order valence-electron chi connectivity index (χ2n) is 6.02. The van der Waals surface area contributed by atoms with Crippen molar-refractivity contribution in [3.05, 3.63) is 70.3 Å². The fraction of sp³-hybridized carbons (Fsp3) is 0.150. The molecule has 0 bridgehead atoms. The van der Waals surface area contributed by atoms with Gasteiger partial charge in [0.25, 0.3) is 5.56 Å². The standard InChI is InChI=1S/C20H18N4O4/c1-3-24-19(26)18(22-15-6-4-5-14(11-15)20(27)28)16(12(2)25)17(23-24)13-7-9-21-10-8-13/h4-11,22H,3H2,1-2H3,(H,27,28). The smallest absolute Gasteiger partial charge is 0.335 e. The topological polar surface area (TPSA) is 114 Å². The molecule has 0 fully saturated rings. The van der Waals surface area contributed by atoms with Gasteiger partial charge in [-0.3, -0.25) is 14.6 Å². The molecule has 3 aromatic rings. The van der Waals surface area contributed by atoms with E-state index in [1.165, 1.54) is 23.7 Å². The lowest BCUT2D eigenvalue weighted by Gasteiger charge is -2.16. The number of nitrogens with one attached hydrogen (secondary N) is 1. The van der Waals surface area contributed by atoms with Gasteiger partial charge in [-0.2, -0.15) is 5.10 Å². The van der Waals surface area contributed by atoms with E-state index in [1.807, 2.05) is 0 Å². The third-order valence-corrected chi connectivity index (χ3v) is 4.14. The molecule has 0 aliphatic carbocycles. The summed E-state index contributed by atoms with van der Waals surface area (Å²) in [6.07, 6.45) is 3.15. The van der Waals surface area contributed by atoms with E-state index in [9.17, 15) is 19.5 Å². The fourth-order valence-electron chi connectivity index (χ4n) is 2.83. The number of benzene rings is 1. The first-order chi connectivity index (χ1) is 13.4. The number of carboxylic acid groups (broad SMARTS) is 1. The monoisotopic (exact) mass is 378 g/mol. The van der Waals surface area contributed by atoms with Crippen molar-refractivity contribution >= 4 is 23.1 Å². The van der Waals surface area contributed by atoms with Gasteiger partial charge in [0.05, 0.1) is 11.1 Å². The van der Waals surface area contributed by atoms with Crippen LogP contribution in [-0.4, -0.2) is 31.6 Å². The van der Waals surface area contributed by atoms with Gasteiger partial charge < -0.3 is 10.4 Å². The Balaban J connectivity index is 2.25. The van der Waals surface area contributed by atoms with Gasteiger partial charge in [0.1, 0.15) is 11.4 Å². The number of rotatable bonds is 6. The summed E-state index contributed by atoms with van der Waals surface area (Å²) in [5.41, 5.74) is 1.17. The Morgan fingerprint density at radius 2 is 1.89 bits per heavy atom. The van der Waals surface area contributed by atoms with E-state index >= 15 is 0 Å². The molecule has 8 heteroatoms. The predicted molar refractivity (Wildman–Crippen MR) is 104 cm³/mol. The van der Waals surface area contributed by atoms with E-state index in [-0.39, 0.29) is 22.6 Å². The summed E-state index contributed by atoms with van der Waals surface area (Å²) in [7, 11) is 0. The van der Waals surface area contributed by atoms with Crippen molar-refractivity contribution in [1.29, 1.82) is 0 Å². The van der Waals surface area contributed by atoms with Crippen LogP contribution < -0.4 is 10.9 Å². The second-order valence-corrected chi connectivity index (χ2v) is 6.02. The van der Waals surface area contributed by atoms with Crippen molar-refractivity contribution in [3.63, 3.8) is 0 Å². The number of aromatic carboxylic acids is 1. The lowest BCUT2D eigenvalue weighted by Crippen LogP contribution is -2.28. The van der Waals surface area contributed by atoms with Crippen LogP contribution in [0.5, 0.6) is 0 Å². The Morgan fingerprint density at radius 3 is 2.50 bits per heavy atom. The molecule has 0 saturated carbocycles. The molecule has 0 amide bonds. The van der Waals surface area contributed by atoms with Gasteiger partial charge in [-0.15, -0.1) is 0 Å². The number of Topliss-reactive ketones (excluding diaryl/α,β-unsaturated/α-hetero) is 1. The van der Waals surface area contributed by atoms with Crippen LogP contribution >= 0.6 is 0 Å². The van der Waals surface area contributed by atoms with E-state index < -0.39 is 11.5 Å². The highest BCUT2D eigenvalue weighted by Gasteiger charge is 2.22. The predicted octanol–water partition coefficient (Wildman–Crippen LogP) is 2.97. The van der Waals surface area contributed by atoms with Gasteiger partial charge in [-0.1, -0.05) is 6.07 Å². The molecule has 0 unspecified atom stereocenters. The number of aromatic nitrogens is 3. The first-order valence-electron chi connectivity index (χ1n) is 8.59. The number of hydrogen-bond donors (Lipinski definition) is 2. The van der Waals surface area contributed by atoms with Crippen LogP contribution in [0, 0.1) is 0 Å². The van der Waals surface area contributed by atoms with E-state index in [0.29, 0.717) is 23.5 Å². The Bertz CT molecular complexity index is 1110. The Hall–Kier alpha value is -3.81. The third-order valence-electron chi connectivity index (χ3n) is 4.14. The Kier molecular flexibility index (Phi) is 5.30. The maximum absolute atomic E-state index is 12.9. The normalized spacial score (nSPS) is 10.5. The molecule has 0 spiro atoms. The van der Waals surface area contributed by atoms with Crippen LogP contribution in [0.4, 0.5) is 11.4 Å². The molecular weight excluding hydrogens is 360 g/mol. The van der Waals surface area contributed by atoms with E-state index in [0.717, 1.165) is 0 Å². The molecule has 0 atom stereocenters. The van der Waals surface area contributed by atoms with Crippen LogP contribution in [0.1, 0.15) is 34.6 Å². The molecule has 0 aliphatic rings. The molecule has 0 radical (unpaired) electrons. The zero-order valence-corrected chi connectivity index (χ0v) is 15.3. The zero-order valence-electron chi connectivity index (χ0n) is 15.3. The van der Waals surface area contributed by atoms with Crippen molar-refractivity contribution in [2.75, 3.05) is 5.32 Å². The molecule has 1 aromatic carbocycles. The summed E-state index contributed by atoms with van der Waals surface area (Å²) in [4.78, 5) is 40.5. The van der Waals surface area contributed by atoms with Gasteiger partial charge in [-0.05, 0) is 44.2 Å². The Morgan fingerprint density at radius 1 is 1.18 bits per heavy atom. The largest absolute Gasteiger partial charge is 0.478 e. The van der Waals surface area contributed by atoms with E-state index in [4.69, 9.17) is 0 Å². The summed E-state index contributed by atoms with van der Waals surface area (Å²) >= 11 is 0. The molecule has 8 nitrogen and oxygen atoms in total. The molecule has 142 valence electrons. The molecule has 3 rings (SSSR count). The number of anilines is 2. The number of aryl methyl sites for hydroxylation is 1. The highest BCUT2D eigenvalue weighted by atomic mass is 16.4. The van der Waals surface area contributed by atoms with Crippen LogP contribution in [0.2, 0.25) is 0 Å². The molecule has 28 heavy (non-hydrogen) atoms. The zero-order chi connectivity index (χ0) is 20.3. The quantitative estimate of drug-likeness (QED) is 0.634. The maximum atomic E-state index is 12.9. The van der Waals surface area contributed by atoms with Crippen LogP contribution in [0.15, 0.2) is 53.6 Å². The van der Waals surface area contributed by atoms with Crippen LogP contribution in [0.3, 0.4) is 0 Å². The highest BCUT2D eigenvalue weighted by molar-refractivity contribution is 6.05. The molecule has 2 heterocycles. The van der Waals surface area contributed by atoms with Gasteiger partial charge in [-0.25, -0.2) is 9.48 Å². The number of carbonyl (C=O) groups excluding carboxylic acids is 1. The third kappa shape index (κ3) is 3.66. The average Bonchev–Trinajstić information content (AvgIpc) is 2.69. The number of pyridine rings is 1. The highest BCUT2D eigenvalue weighted by Crippen LogP contribution is 2.27. The van der Waals surface area contributed by atoms with Gasteiger partial charge >= 0.3 is 5.97 Å². The summed E-state index contributed by atoms with van der Waals surface area (Å²) in [6.45, 7) is 3.43. The summed E-state index contributed by atoms with van der Waals surface area (Å²) in [5.74, 6) is -1.43. The minimum atomic E-state index is -1.09. The number of hydrogen-bond acceptors (Lipinski definition) is 6. The van der Waals surface area contributed by atoms with E-state index in [2.05, 4.69) is 15.4 Å². The minimum absolute atomic E-state index is 0.0544. The average molecular weight is 378 g/mol. The van der Waals surface area contributed by atoms with Crippen LogP contribution in [0.25, 0.3) is 11.3 Å². The van der Waals surface area contributed by atoms with Crippen LogP contribution in [-0.2, 0) is 6.54 Å². The van der Waals surface area contributed by atoms with Crippen molar-refractivity contribution in [1.82, 2.24) is 14.8 Å².